The maximum absolute atomic E-state index is 13.2. The van der Waals surface area contributed by atoms with E-state index in [1.54, 1.807) is 18.4 Å². The molecule has 1 aromatic heterocycles. The quantitative estimate of drug-likeness (QED) is 0.365. The minimum atomic E-state index is -0.181. The topological polar surface area (TPSA) is 56.9 Å². The third kappa shape index (κ3) is 5.48. The lowest BCUT2D eigenvalue weighted by Gasteiger charge is -2.36. The molecule has 1 aliphatic carbocycles. The van der Waals surface area contributed by atoms with Crippen LogP contribution in [0.3, 0.4) is 0 Å². The maximum atomic E-state index is 13.2. The zero-order valence-electron chi connectivity index (χ0n) is 16.8. The number of nitrogens with one attached hydrogen (secondary N) is 1. The summed E-state index contributed by atoms with van der Waals surface area (Å²) in [5, 5.41) is 7.45. The van der Waals surface area contributed by atoms with Crippen molar-refractivity contribution in [3.05, 3.63) is 53.7 Å². The molecular formula is C21H29FIN5O. The highest BCUT2D eigenvalue weighted by molar-refractivity contribution is 14.0. The van der Waals surface area contributed by atoms with Crippen LogP contribution in [-0.2, 0) is 12.0 Å². The molecule has 0 atom stereocenters. The fraction of sp³-hybridized carbons (Fsp3) is 0.524. The fourth-order valence-electron chi connectivity index (χ4n) is 3.81. The molecule has 2 fully saturated rings. The van der Waals surface area contributed by atoms with Gasteiger partial charge in [0.2, 0.25) is 0 Å². The van der Waals surface area contributed by atoms with Gasteiger partial charge in [-0.3, -0.25) is 9.89 Å². The number of rotatable bonds is 6. The molecule has 8 heteroatoms. The van der Waals surface area contributed by atoms with Crippen molar-refractivity contribution >= 4 is 29.9 Å². The van der Waals surface area contributed by atoms with E-state index in [9.17, 15) is 4.39 Å². The van der Waals surface area contributed by atoms with Crippen LogP contribution in [0.4, 0.5) is 4.39 Å². The first kappa shape index (κ1) is 22.0. The molecular weight excluding hydrogens is 484 g/mol. The third-order valence-electron chi connectivity index (χ3n) is 5.73. The Bertz CT molecular complexity index is 784. The van der Waals surface area contributed by atoms with Crippen LogP contribution in [0, 0.1) is 5.82 Å². The number of halogens is 2. The molecule has 0 radical (unpaired) electrons. The molecule has 1 N–H and O–H groups in total. The van der Waals surface area contributed by atoms with Gasteiger partial charge in [0.1, 0.15) is 12.1 Å². The Hall–Kier alpha value is -1.68. The summed E-state index contributed by atoms with van der Waals surface area (Å²) in [6, 6.07) is 8.85. The van der Waals surface area contributed by atoms with Gasteiger partial charge in [0, 0.05) is 50.7 Å². The van der Waals surface area contributed by atoms with Gasteiger partial charge in [-0.2, -0.15) is 0 Å². The van der Waals surface area contributed by atoms with Crippen LogP contribution in [0.2, 0.25) is 0 Å². The monoisotopic (exact) mass is 513 g/mol. The highest BCUT2D eigenvalue weighted by atomic mass is 127. The van der Waals surface area contributed by atoms with Crippen molar-refractivity contribution in [1.82, 2.24) is 20.3 Å². The van der Waals surface area contributed by atoms with E-state index in [0.29, 0.717) is 0 Å². The van der Waals surface area contributed by atoms with Gasteiger partial charge in [-0.25, -0.2) is 4.39 Å². The van der Waals surface area contributed by atoms with Gasteiger partial charge in [-0.15, -0.1) is 24.0 Å². The number of benzene rings is 1. The second-order valence-electron chi connectivity index (χ2n) is 7.71. The first-order chi connectivity index (χ1) is 13.7. The summed E-state index contributed by atoms with van der Waals surface area (Å²) in [4.78, 5) is 9.69. The molecule has 6 nitrogen and oxygen atoms in total. The van der Waals surface area contributed by atoms with Crippen LogP contribution in [0.5, 0.6) is 0 Å². The first-order valence-corrected chi connectivity index (χ1v) is 10.1. The van der Waals surface area contributed by atoms with Gasteiger partial charge >= 0.3 is 0 Å². The van der Waals surface area contributed by atoms with Crippen LogP contribution in [-0.4, -0.2) is 60.2 Å². The lowest BCUT2D eigenvalue weighted by Crippen LogP contribution is -2.52. The van der Waals surface area contributed by atoms with Gasteiger partial charge in [0.25, 0.3) is 0 Å². The molecule has 4 rings (SSSR count). The van der Waals surface area contributed by atoms with Crippen molar-refractivity contribution in [1.29, 1.82) is 0 Å². The molecule has 0 bridgehead atoms. The van der Waals surface area contributed by atoms with Gasteiger partial charge in [-0.05, 0) is 37.5 Å². The summed E-state index contributed by atoms with van der Waals surface area (Å²) >= 11 is 0. The van der Waals surface area contributed by atoms with Crippen molar-refractivity contribution < 1.29 is 8.91 Å². The van der Waals surface area contributed by atoms with Gasteiger partial charge < -0.3 is 14.7 Å². The van der Waals surface area contributed by atoms with Crippen molar-refractivity contribution in [3.8, 4) is 0 Å². The van der Waals surface area contributed by atoms with E-state index < -0.39 is 0 Å². The van der Waals surface area contributed by atoms with E-state index in [4.69, 9.17) is 9.52 Å². The van der Waals surface area contributed by atoms with Crippen molar-refractivity contribution in [2.75, 3.05) is 39.3 Å². The minimum absolute atomic E-state index is 0. The molecule has 0 unspecified atom stereocenters. The Morgan fingerprint density at radius 3 is 2.48 bits per heavy atom. The highest BCUT2D eigenvalue weighted by Gasteiger charge is 2.44. The van der Waals surface area contributed by atoms with E-state index in [-0.39, 0.29) is 35.2 Å². The fourth-order valence-corrected chi connectivity index (χ4v) is 3.81. The van der Waals surface area contributed by atoms with E-state index in [1.807, 2.05) is 18.2 Å². The number of guanidine groups is 1. The second kappa shape index (κ2) is 9.88. The largest absolute Gasteiger partial charge is 0.364 e. The lowest BCUT2D eigenvalue weighted by molar-refractivity contribution is 0.169. The molecule has 1 aliphatic heterocycles. The molecule has 0 spiro atoms. The average molecular weight is 513 g/mol. The second-order valence-corrected chi connectivity index (χ2v) is 7.71. The van der Waals surface area contributed by atoms with Crippen LogP contribution in [0.1, 0.15) is 31.0 Å². The summed E-state index contributed by atoms with van der Waals surface area (Å²) in [7, 11) is 0. The lowest BCUT2D eigenvalue weighted by atomic mass is 9.96. The van der Waals surface area contributed by atoms with Gasteiger partial charge in [0.05, 0.1) is 12.2 Å². The number of aromatic nitrogens is 1. The number of hydrogen-bond acceptors (Lipinski definition) is 4. The molecule has 0 amide bonds. The van der Waals surface area contributed by atoms with Gasteiger partial charge in [-0.1, -0.05) is 17.3 Å². The number of hydrogen-bond donors (Lipinski definition) is 1. The number of nitrogens with zero attached hydrogens (tertiary/aromatic N) is 4. The molecule has 2 aromatic rings. The zero-order valence-corrected chi connectivity index (χ0v) is 19.1. The molecule has 158 valence electrons. The average Bonchev–Trinajstić information content (AvgIpc) is 3.33. The number of aliphatic imine (C=N–C) groups is 1. The zero-order chi connectivity index (χ0) is 19.4. The van der Waals surface area contributed by atoms with Crippen molar-refractivity contribution in [3.63, 3.8) is 0 Å². The minimum Gasteiger partial charge on any atom is -0.364 e. The summed E-state index contributed by atoms with van der Waals surface area (Å²) < 4.78 is 18.2. The third-order valence-corrected chi connectivity index (χ3v) is 5.73. The summed E-state index contributed by atoms with van der Waals surface area (Å²) in [5.41, 5.74) is 2.26. The van der Waals surface area contributed by atoms with Crippen molar-refractivity contribution in [2.45, 2.75) is 31.7 Å². The smallest absolute Gasteiger partial charge is 0.194 e. The summed E-state index contributed by atoms with van der Waals surface area (Å²) in [5.74, 6) is 0.803. The van der Waals surface area contributed by atoms with E-state index in [0.717, 1.165) is 70.3 Å². The highest BCUT2D eigenvalue weighted by Crippen LogP contribution is 2.48. The Labute approximate surface area is 188 Å². The van der Waals surface area contributed by atoms with E-state index in [1.165, 1.54) is 5.56 Å². The SMILES string of the molecule is CCNC(=NCC1(c2ccc(F)cc2)CC1)N1CCN(Cc2ccon2)CC1.I. The van der Waals surface area contributed by atoms with Gasteiger partial charge in [0.15, 0.2) is 5.96 Å². The van der Waals surface area contributed by atoms with E-state index >= 15 is 0 Å². The predicted molar refractivity (Wildman–Crippen MR) is 122 cm³/mol. The first-order valence-electron chi connectivity index (χ1n) is 10.1. The summed E-state index contributed by atoms with van der Waals surface area (Å²) in [6.07, 6.45) is 3.86. The normalized spacial score (nSPS) is 19.0. The molecule has 1 saturated carbocycles. The Morgan fingerprint density at radius 1 is 1.17 bits per heavy atom. The standard InChI is InChI=1S/C21H28FN5O.HI/c1-2-23-20(24-16-21(8-9-21)17-3-5-18(22)6-4-17)27-12-10-26(11-13-27)15-19-7-14-28-25-19;/h3-7,14H,2,8-13,15-16H2,1H3,(H,23,24);1H. The Kier molecular flexibility index (Phi) is 7.50. The summed E-state index contributed by atoms with van der Waals surface area (Å²) in [6.45, 7) is 8.35. The molecule has 1 saturated heterocycles. The molecule has 1 aromatic carbocycles. The van der Waals surface area contributed by atoms with Crippen LogP contribution < -0.4 is 5.32 Å². The van der Waals surface area contributed by atoms with E-state index in [2.05, 4.69) is 27.2 Å². The predicted octanol–water partition coefficient (Wildman–Crippen LogP) is 3.25. The molecule has 29 heavy (non-hydrogen) atoms. The molecule has 2 aliphatic rings. The number of piperazine rings is 1. The van der Waals surface area contributed by atoms with Crippen LogP contribution in [0.15, 0.2) is 46.1 Å². The maximum Gasteiger partial charge on any atom is 0.194 e. The Morgan fingerprint density at radius 2 is 1.90 bits per heavy atom. The Balaban J connectivity index is 0.00000240. The van der Waals surface area contributed by atoms with Crippen LogP contribution in [0.25, 0.3) is 0 Å². The van der Waals surface area contributed by atoms with Crippen molar-refractivity contribution in [2.24, 2.45) is 4.99 Å². The van der Waals surface area contributed by atoms with Crippen LogP contribution >= 0.6 is 24.0 Å². The molecule has 2 heterocycles.